The SMILES string of the molecule is COc1cc(NC(=O)Nc2cccc(C3C(C(=O)Nc4ccccc4)=C(C)N=C4SCCCN43)c2)cc(OC)c1. The van der Waals surface area contributed by atoms with Crippen molar-refractivity contribution in [2.75, 3.05) is 42.5 Å². The number of carbonyl (C=O) groups excluding carboxylic acids is 2. The minimum atomic E-state index is -0.416. The van der Waals surface area contributed by atoms with Gasteiger partial charge >= 0.3 is 6.03 Å². The molecule has 1 fully saturated rings. The van der Waals surface area contributed by atoms with Crippen LogP contribution in [-0.2, 0) is 4.79 Å². The first-order valence-corrected chi connectivity index (χ1v) is 13.9. The Morgan fingerprint density at radius 3 is 2.30 bits per heavy atom. The van der Waals surface area contributed by atoms with Crippen molar-refractivity contribution >= 4 is 45.9 Å². The summed E-state index contributed by atoms with van der Waals surface area (Å²) in [5.74, 6) is 1.91. The molecule has 40 heavy (non-hydrogen) atoms. The van der Waals surface area contributed by atoms with Gasteiger partial charge in [0.25, 0.3) is 5.91 Å². The number of benzene rings is 3. The first-order valence-electron chi connectivity index (χ1n) is 12.9. The fourth-order valence-corrected chi connectivity index (χ4v) is 5.80. The van der Waals surface area contributed by atoms with Gasteiger partial charge in [0.05, 0.1) is 31.5 Å². The van der Waals surface area contributed by atoms with E-state index in [-0.39, 0.29) is 11.9 Å². The van der Waals surface area contributed by atoms with Gasteiger partial charge in [0.2, 0.25) is 0 Å². The van der Waals surface area contributed by atoms with Crippen LogP contribution in [0.25, 0.3) is 0 Å². The van der Waals surface area contributed by atoms with E-state index in [1.165, 1.54) is 0 Å². The summed E-state index contributed by atoms with van der Waals surface area (Å²) in [6.45, 7) is 2.66. The minimum absolute atomic E-state index is 0.199. The fraction of sp³-hybridized carbons (Fsp3) is 0.233. The Morgan fingerprint density at radius 2 is 1.57 bits per heavy atom. The van der Waals surface area contributed by atoms with Crippen molar-refractivity contribution in [1.82, 2.24) is 4.90 Å². The average Bonchev–Trinajstić information content (AvgIpc) is 2.96. The summed E-state index contributed by atoms with van der Waals surface area (Å²) in [6.07, 6.45) is 0.983. The number of para-hydroxylation sites is 1. The fourth-order valence-electron chi connectivity index (χ4n) is 4.78. The molecule has 0 bridgehead atoms. The molecule has 3 N–H and O–H groups in total. The average molecular weight is 558 g/mol. The summed E-state index contributed by atoms with van der Waals surface area (Å²) in [6, 6.07) is 21.4. The van der Waals surface area contributed by atoms with E-state index in [0.29, 0.717) is 34.1 Å². The number of fused-ring (bicyclic) bond motifs is 1. The predicted molar refractivity (Wildman–Crippen MR) is 160 cm³/mol. The number of amides is 3. The number of aliphatic imine (C=N–C) groups is 1. The summed E-state index contributed by atoms with van der Waals surface area (Å²) in [5.41, 5.74) is 3.99. The standard InChI is InChI=1S/C30H31N5O4S/c1-19-26(28(36)32-21-10-5-4-6-11-21)27(35-13-8-14-40-30(35)31-19)20-9-7-12-22(15-20)33-29(37)34-23-16-24(38-2)18-25(17-23)39-3/h4-7,9-12,15-18,27H,8,13-14H2,1-3H3,(H,32,36)(H2,33,34,37). The van der Waals surface area contributed by atoms with Gasteiger partial charge in [0, 0.05) is 47.6 Å². The lowest BCUT2D eigenvalue weighted by molar-refractivity contribution is -0.113. The van der Waals surface area contributed by atoms with Gasteiger partial charge in [0.1, 0.15) is 11.5 Å². The van der Waals surface area contributed by atoms with Crippen molar-refractivity contribution in [3.05, 3.63) is 89.6 Å². The van der Waals surface area contributed by atoms with E-state index in [2.05, 4.69) is 20.9 Å². The molecule has 0 aliphatic carbocycles. The van der Waals surface area contributed by atoms with Crippen molar-refractivity contribution in [2.24, 2.45) is 4.99 Å². The third-order valence-electron chi connectivity index (χ3n) is 6.60. The number of amidine groups is 1. The number of anilines is 3. The molecule has 1 unspecified atom stereocenters. The van der Waals surface area contributed by atoms with Gasteiger partial charge in [-0.25, -0.2) is 9.79 Å². The number of nitrogens with zero attached hydrogens (tertiary/aromatic N) is 2. The molecular weight excluding hydrogens is 526 g/mol. The Labute approximate surface area is 237 Å². The number of carbonyl (C=O) groups is 2. The zero-order chi connectivity index (χ0) is 28.1. The first kappa shape index (κ1) is 27.1. The van der Waals surface area contributed by atoms with Crippen LogP contribution in [0.3, 0.4) is 0 Å². The lowest BCUT2D eigenvalue weighted by atomic mass is 9.93. The Morgan fingerprint density at radius 1 is 0.875 bits per heavy atom. The molecule has 2 heterocycles. The van der Waals surface area contributed by atoms with E-state index in [4.69, 9.17) is 14.5 Å². The lowest BCUT2D eigenvalue weighted by Crippen LogP contribution is -2.43. The quantitative estimate of drug-likeness (QED) is 0.324. The molecule has 0 spiro atoms. The molecule has 0 radical (unpaired) electrons. The molecule has 9 nitrogen and oxygen atoms in total. The number of hydrogen-bond acceptors (Lipinski definition) is 7. The molecule has 3 amide bonds. The molecule has 3 aromatic carbocycles. The Hall–Kier alpha value is -4.44. The zero-order valence-corrected chi connectivity index (χ0v) is 23.4. The van der Waals surface area contributed by atoms with Crippen molar-refractivity contribution in [2.45, 2.75) is 19.4 Å². The van der Waals surface area contributed by atoms with Crippen LogP contribution in [0.4, 0.5) is 21.9 Å². The van der Waals surface area contributed by atoms with Crippen LogP contribution in [0.5, 0.6) is 11.5 Å². The Bertz CT molecular complexity index is 1450. The second-order valence-electron chi connectivity index (χ2n) is 9.32. The number of ether oxygens (including phenoxy) is 2. The van der Waals surface area contributed by atoms with E-state index in [1.807, 2.05) is 61.5 Å². The van der Waals surface area contributed by atoms with Crippen LogP contribution >= 0.6 is 11.8 Å². The number of methoxy groups -OCH3 is 2. The monoisotopic (exact) mass is 557 g/mol. The first-order chi connectivity index (χ1) is 19.4. The second-order valence-corrected chi connectivity index (χ2v) is 10.4. The highest BCUT2D eigenvalue weighted by Gasteiger charge is 2.37. The van der Waals surface area contributed by atoms with Crippen LogP contribution in [0.1, 0.15) is 24.9 Å². The molecule has 0 saturated carbocycles. The van der Waals surface area contributed by atoms with Gasteiger partial charge < -0.3 is 30.3 Å². The lowest BCUT2D eigenvalue weighted by Gasteiger charge is -2.41. The summed E-state index contributed by atoms with van der Waals surface area (Å²) in [7, 11) is 3.10. The molecule has 206 valence electrons. The molecule has 1 atom stereocenters. The van der Waals surface area contributed by atoms with Crippen LogP contribution in [0.15, 0.2) is 89.1 Å². The van der Waals surface area contributed by atoms with Crippen LogP contribution in [0.2, 0.25) is 0 Å². The van der Waals surface area contributed by atoms with Crippen LogP contribution in [0, 0.1) is 0 Å². The van der Waals surface area contributed by atoms with Crippen molar-refractivity contribution in [3.8, 4) is 11.5 Å². The Balaban J connectivity index is 1.41. The highest BCUT2D eigenvalue weighted by molar-refractivity contribution is 8.13. The number of thioether (sulfide) groups is 1. The maximum Gasteiger partial charge on any atom is 0.323 e. The van der Waals surface area contributed by atoms with Crippen LogP contribution in [-0.4, -0.2) is 48.5 Å². The van der Waals surface area contributed by atoms with Crippen LogP contribution < -0.4 is 25.4 Å². The number of urea groups is 1. The molecule has 0 aromatic heterocycles. The van der Waals surface area contributed by atoms with Crippen molar-refractivity contribution in [3.63, 3.8) is 0 Å². The summed E-state index contributed by atoms with van der Waals surface area (Å²) in [4.78, 5) is 33.5. The highest BCUT2D eigenvalue weighted by Crippen LogP contribution is 2.40. The molecule has 3 aromatic rings. The van der Waals surface area contributed by atoms with E-state index < -0.39 is 6.03 Å². The van der Waals surface area contributed by atoms with Crippen molar-refractivity contribution < 1.29 is 19.1 Å². The molecule has 10 heteroatoms. The van der Waals surface area contributed by atoms with Gasteiger partial charge in [-0.3, -0.25) is 4.79 Å². The topological polar surface area (TPSA) is 104 Å². The molecular formula is C30H31N5O4S. The third-order valence-corrected chi connectivity index (χ3v) is 7.68. The Kier molecular flexibility index (Phi) is 8.26. The molecule has 1 saturated heterocycles. The number of rotatable bonds is 7. The predicted octanol–water partition coefficient (Wildman–Crippen LogP) is 6.11. The molecule has 2 aliphatic rings. The van der Waals surface area contributed by atoms with E-state index in [1.54, 1.807) is 44.2 Å². The maximum absolute atomic E-state index is 13.6. The number of hydrogen-bond donors (Lipinski definition) is 3. The normalized spacial score (nSPS) is 16.4. The van der Waals surface area contributed by atoms with E-state index in [9.17, 15) is 9.59 Å². The summed E-state index contributed by atoms with van der Waals surface area (Å²) >= 11 is 1.70. The molecule has 2 aliphatic heterocycles. The van der Waals surface area contributed by atoms with Gasteiger partial charge in [-0.05, 0) is 43.2 Å². The minimum Gasteiger partial charge on any atom is -0.497 e. The summed E-state index contributed by atoms with van der Waals surface area (Å²) in [5, 5.41) is 9.68. The second kappa shape index (κ2) is 12.2. The van der Waals surface area contributed by atoms with Gasteiger partial charge in [0.15, 0.2) is 5.17 Å². The highest BCUT2D eigenvalue weighted by atomic mass is 32.2. The van der Waals surface area contributed by atoms with E-state index >= 15 is 0 Å². The number of allylic oxidation sites excluding steroid dienone is 1. The largest absolute Gasteiger partial charge is 0.497 e. The zero-order valence-electron chi connectivity index (χ0n) is 22.6. The van der Waals surface area contributed by atoms with Crippen molar-refractivity contribution in [1.29, 1.82) is 0 Å². The summed E-state index contributed by atoms with van der Waals surface area (Å²) < 4.78 is 10.6. The maximum atomic E-state index is 13.6. The number of nitrogens with one attached hydrogen (secondary N) is 3. The third kappa shape index (κ3) is 6.07. The molecule has 5 rings (SSSR count). The van der Waals surface area contributed by atoms with Gasteiger partial charge in [-0.15, -0.1) is 0 Å². The van der Waals surface area contributed by atoms with Gasteiger partial charge in [-0.2, -0.15) is 0 Å². The van der Waals surface area contributed by atoms with Gasteiger partial charge in [-0.1, -0.05) is 42.1 Å². The smallest absolute Gasteiger partial charge is 0.323 e. The van der Waals surface area contributed by atoms with E-state index in [0.717, 1.165) is 35.1 Å².